The standard InChI is InChI=1S/C19H14F7NO4/c1-30-17(29)8-16(28)27-15-3-2-13(7-14(15)20)31-9-10-4-11(18(21,22)23)6-12(5-10)19(24,25)26/h2-7H,8-9H2,1H3,(H,27,28). The first-order valence-electron chi connectivity index (χ1n) is 8.37. The van der Waals surface area contributed by atoms with Gasteiger partial charge in [-0.25, -0.2) is 4.39 Å². The number of esters is 1. The topological polar surface area (TPSA) is 64.6 Å². The average Bonchev–Trinajstić information content (AvgIpc) is 2.66. The van der Waals surface area contributed by atoms with Crippen molar-refractivity contribution in [3.63, 3.8) is 0 Å². The summed E-state index contributed by atoms with van der Waals surface area (Å²) in [5.41, 5.74) is -3.76. The van der Waals surface area contributed by atoms with E-state index in [9.17, 15) is 40.3 Å². The van der Waals surface area contributed by atoms with Crippen LogP contribution in [0.1, 0.15) is 23.1 Å². The summed E-state index contributed by atoms with van der Waals surface area (Å²) in [6.45, 7) is -0.708. The lowest BCUT2D eigenvalue weighted by molar-refractivity contribution is -0.144. The van der Waals surface area contributed by atoms with E-state index in [-0.39, 0.29) is 17.5 Å². The number of benzene rings is 2. The van der Waals surface area contributed by atoms with Crippen molar-refractivity contribution in [3.8, 4) is 5.75 Å². The second-order valence-corrected chi connectivity index (χ2v) is 6.15. The molecule has 12 heteroatoms. The van der Waals surface area contributed by atoms with Gasteiger partial charge in [0, 0.05) is 6.07 Å². The van der Waals surface area contributed by atoms with Crippen LogP contribution in [0, 0.1) is 5.82 Å². The Hall–Kier alpha value is -3.31. The Morgan fingerprint density at radius 1 is 0.935 bits per heavy atom. The molecule has 1 amide bonds. The van der Waals surface area contributed by atoms with E-state index in [4.69, 9.17) is 4.74 Å². The van der Waals surface area contributed by atoms with E-state index in [0.717, 1.165) is 25.3 Å². The first-order chi connectivity index (χ1) is 14.3. The molecule has 31 heavy (non-hydrogen) atoms. The van der Waals surface area contributed by atoms with E-state index < -0.39 is 59.8 Å². The second kappa shape index (κ2) is 9.23. The van der Waals surface area contributed by atoms with Crippen molar-refractivity contribution in [3.05, 3.63) is 58.9 Å². The van der Waals surface area contributed by atoms with E-state index in [1.165, 1.54) is 0 Å². The molecule has 2 rings (SSSR count). The van der Waals surface area contributed by atoms with E-state index in [2.05, 4.69) is 10.1 Å². The van der Waals surface area contributed by atoms with Crippen LogP contribution in [0.3, 0.4) is 0 Å². The van der Waals surface area contributed by atoms with Crippen LogP contribution in [0.25, 0.3) is 0 Å². The molecule has 0 spiro atoms. The van der Waals surface area contributed by atoms with Gasteiger partial charge in [0.15, 0.2) is 0 Å². The highest BCUT2D eigenvalue weighted by Crippen LogP contribution is 2.36. The number of carbonyl (C=O) groups is 2. The lowest BCUT2D eigenvalue weighted by Gasteiger charge is -2.15. The number of hydrogen-bond donors (Lipinski definition) is 1. The van der Waals surface area contributed by atoms with Gasteiger partial charge >= 0.3 is 18.3 Å². The third kappa shape index (κ3) is 6.86. The summed E-state index contributed by atoms with van der Waals surface area (Å²) in [6, 6.07) is 3.92. The molecule has 0 aliphatic heterocycles. The van der Waals surface area contributed by atoms with Crippen molar-refractivity contribution in [2.45, 2.75) is 25.4 Å². The van der Waals surface area contributed by atoms with Crippen molar-refractivity contribution in [2.24, 2.45) is 0 Å². The van der Waals surface area contributed by atoms with Crippen LogP contribution in [0.4, 0.5) is 36.4 Å². The average molecular weight is 453 g/mol. The Labute approximate surface area is 170 Å². The number of anilines is 1. The third-order valence-corrected chi connectivity index (χ3v) is 3.80. The second-order valence-electron chi connectivity index (χ2n) is 6.15. The number of hydrogen-bond acceptors (Lipinski definition) is 4. The predicted octanol–water partition coefficient (Wildman–Crippen LogP) is 4.94. The summed E-state index contributed by atoms with van der Waals surface area (Å²) in [6.07, 6.45) is -10.7. The number of rotatable bonds is 6. The molecule has 0 unspecified atom stereocenters. The highest BCUT2D eigenvalue weighted by molar-refractivity contribution is 6.01. The number of amides is 1. The number of ether oxygens (including phenoxy) is 2. The fourth-order valence-electron chi connectivity index (χ4n) is 2.35. The normalized spacial score (nSPS) is 11.7. The Bertz CT molecular complexity index is 938. The van der Waals surface area contributed by atoms with Crippen molar-refractivity contribution in [2.75, 3.05) is 12.4 Å². The van der Waals surface area contributed by atoms with Gasteiger partial charge in [0.1, 0.15) is 24.6 Å². The van der Waals surface area contributed by atoms with Crippen LogP contribution in [-0.2, 0) is 33.3 Å². The van der Waals surface area contributed by atoms with Crippen LogP contribution >= 0.6 is 0 Å². The van der Waals surface area contributed by atoms with Crippen LogP contribution in [0.5, 0.6) is 5.75 Å². The lowest BCUT2D eigenvalue weighted by Crippen LogP contribution is -2.17. The van der Waals surface area contributed by atoms with Gasteiger partial charge in [-0.05, 0) is 35.9 Å². The van der Waals surface area contributed by atoms with Crippen molar-refractivity contribution in [1.82, 2.24) is 0 Å². The zero-order chi connectivity index (χ0) is 23.4. The van der Waals surface area contributed by atoms with Gasteiger partial charge < -0.3 is 14.8 Å². The monoisotopic (exact) mass is 453 g/mol. The van der Waals surface area contributed by atoms with Crippen LogP contribution in [0.15, 0.2) is 36.4 Å². The molecule has 0 radical (unpaired) electrons. The zero-order valence-corrected chi connectivity index (χ0v) is 15.7. The SMILES string of the molecule is COC(=O)CC(=O)Nc1ccc(OCc2cc(C(F)(F)F)cc(C(F)(F)F)c2)cc1F. The molecular weight excluding hydrogens is 439 g/mol. The Kier molecular flexibility index (Phi) is 7.13. The van der Waals surface area contributed by atoms with E-state index in [0.29, 0.717) is 12.1 Å². The lowest BCUT2D eigenvalue weighted by atomic mass is 10.1. The molecule has 168 valence electrons. The summed E-state index contributed by atoms with van der Waals surface area (Å²) < 4.78 is 101. The molecule has 0 heterocycles. The molecule has 0 saturated heterocycles. The van der Waals surface area contributed by atoms with E-state index in [1.807, 2.05) is 0 Å². The van der Waals surface area contributed by atoms with Crippen molar-refractivity contribution >= 4 is 17.6 Å². The minimum atomic E-state index is -5.01. The van der Waals surface area contributed by atoms with Gasteiger partial charge in [0.25, 0.3) is 0 Å². The minimum Gasteiger partial charge on any atom is -0.489 e. The fourth-order valence-corrected chi connectivity index (χ4v) is 2.35. The highest BCUT2D eigenvalue weighted by Gasteiger charge is 2.36. The molecule has 0 aliphatic carbocycles. The number of halogens is 7. The summed E-state index contributed by atoms with van der Waals surface area (Å²) in [5, 5.41) is 2.10. The number of nitrogens with one attached hydrogen (secondary N) is 1. The first-order valence-corrected chi connectivity index (χ1v) is 8.37. The van der Waals surface area contributed by atoms with Gasteiger partial charge in [-0.3, -0.25) is 9.59 Å². The van der Waals surface area contributed by atoms with E-state index >= 15 is 0 Å². The van der Waals surface area contributed by atoms with Gasteiger partial charge in [0.05, 0.1) is 23.9 Å². The summed E-state index contributed by atoms with van der Waals surface area (Å²) in [4.78, 5) is 22.6. The molecule has 0 bridgehead atoms. The van der Waals surface area contributed by atoms with Crippen LogP contribution in [-0.4, -0.2) is 19.0 Å². The number of alkyl halides is 6. The van der Waals surface area contributed by atoms with Gasteiger partial charge in [-0.1, -0.05) is 0 Å². The molecule has 0 saturated carbocycles. The quantitative estimate of drug-likeness (QED) is 0.382. The predicted molar refractivity (Wildman–Crippen MR) is 92.4 cm³/mol. The highest BCUT2D eigenvalue weighted by atomic mass is 19.4. The maximum atomic E-state index is 14.1. The molecule has 0 fully saturated rings. The Balaban J connectivity index is 2.15. The maximum Gasteiger partial charge on any atom is 0.416 e. The molecule has 5 nitrogen and oxygen atoms in total. The Morgan fingerprint density at radius 2 is 1.52 bits per heavy atom. The van der Waals surface area contributed by atoms with Gasteiger partial charge in [-0.15, -0.1) is 0 Å². The van der Waals surface area contributed by atoms with E-state index in [1.54, 1.807) is 0 Å². The molecule has 0 aliphatic rings. The zero-order valence-electron chi connectivity index (χ0n) is 15.7. The van der Waals surface area contributed by atoms with Crippen LogP contribution in [0.2, 0.25) is 0 Å². The first kappa shape index (κ1) is 24.0. The van der Waals surface area contributed by atoms with Gasteiger partial charge in [-0.2, -0.15) is 26.3 Å². The largest absolute Gasteiger partial charge is 0.489 e. The Morgan fingerprint density at radius 3 is 2.00 bits per heavy atom. The molecule has 1 N–H and O–H groups in total. The molecular formula is C19H14F7NO4. The van der Waals surface area contributed by atoms with Crippen LogP contribution < -0.4 is 10.1 Å². The smallest absolute Gasteiger partial charge is 0.416 e. The minimum absolute atomic E-state index is 0.0189. The molecule has 0 aromatic heterocycles. The fraction of sp³-hybridized carbons (Fsp3) is 0.263. The maximum absolute atomic E-state index is 14.1. The number of carbonyl (C=O) groups excluding carboxylic acids is 2. The molecule has 2 aromatic carbocycles. The summed E-state index contributed by atoms with van der Waals surface area (Å²) in [5.74, 6) is -2.93. The summed E-state index contributed by atoms with van der Waals surface area (Å²) >= 11 is 0. The molecule has 0 atom stereocenters. The number of methoxy groups -OCH3 is 1. The summed E-state index contributed by atoms with van der Waals surface area (Å²) in [7, 11) is 1.06. The third-order valence-electron chi connectivity index (χ3n) is 3.80. The van der Waals surface area contributed by atoms with Crippen molar-refractivity contribution < 1.29 is 49.8 Å². The van der Waals surface area contributed by atoms with Gasteiger partial charge in [0.2, 0.25) is 5.91 Å². The molecule has 2 aromatic rings. The van der Waals surface area contributed by atoms with Crippen molar-refractivity contribution in [1.29, 1.82) is 0 Å².